The fourth-order valence-corrected chi connectivity index (χ4v) is 2.79. The van der Waals surface area contributed by atoms with Gasteiger partial charge < -0.3 is 19.5 Å². The number of methoxy groups -OCH3 is 2. The number of carbonyl (C=O) groups is 2. The Kier molecular flexibility index (Phi) is 5.03. The Morgan fingerprint density at radius 3 is 2.54 bits per heavy atom. The first kappa shape index (κ1) is 17.7. The van der Waals surface area contributed by atoms with Crippen molar-refractivity contribution in [1.82, 2.24) is 4.90 Å². The second-order valence-electron chi connectivity index (χ2n) is 5.48. The highest BCUT2D eigenvalue weighted by molar-refractivity contribution is 5.98. The SMILES string of the molecule is COc1cc(C(=O)N2CC(OC)CC2C(=O)O)cc([N+](=O)[O-])c1C. The molecule has 2 atom stereocenters. The first-order valence-electron chi connectivity index (χ1n) is 7.19. The molecular weight excluding hydrogens is 320 g/mol. The lowest BCUT2D eigenvalue weighted by atomic mass is 10.1. The van der Waals surface area contributed by atoms with Crippen LogP contribution in [-0.2, 0) is 9.53 Å². The molecule has 24 heavy (non-hydrogen) atoms. The summed E-state index contributed by atoms with van der Waals surface area (Å²) in [7, 11) is 2.79. The van der Waals surface area contributed by atoms with Crippen molar-refractivity contribution >= 4 is 17.6 Å². The summed E-state index contributed by atoms with van der Waals surface area (Å²) in [5.74, 6) is -1.55. The summed E-state index contributed by atoms with van der Waals surface area (Å²) in [5, 5.41) is 20.5. The number of hydrogen-bond acceptors (Lipinski definition) is 6. The van der Waals surface area contributed by atoms with Gasteiger partial charge >= 0.3 is 5.97 Å². The van der Waals surface area contributed by atoms with Crippen LogP contribution in [0, 0.1) is 17.0 Å². The van der Waals surface area contributed by atoms with Crippen LogP contribution in [0.5, 0.6) is 5.75 Å². The number of carbonyl (C=O) groups excluding carboxylic acids is 1. The molecule has 0 spiro atoms. The number of nitrogens with zero attached hydrogens (tertiary/aromatic N) is 2. The average Bonchev–Trinajstić information content (AvgIpc) is 2.98. The summed E-state index contributed by atoms with van der Waals surface area (Å²) < 4.78 is 10.2. The zero-order valence-corrected chi connectivity index (χ0v) is 13.5. The smallest absolute Gasteiger partial charge is 0.326 e. The Morgan fingerprint density at radius 2 is 2.04 bits per heavy atom. The van der Waals surface area contributed by atoms with E-state index in [1.807, 2.05) is 0 Å². The van der Waals surface area contributed by atoms with Crippen LogP contribution in [0.15, 0.2) is 12.1 Å². The topological polar surface area (TPSA) is 119 Å². The molecule has 1 aromatic carbocycles. The third-order valence-electron chi connectivity index (χ3n) is 4.14. The summed E-state index contributed by atoms with van der Waals surface area (Å²) in [6, 6.07) is 1.48. The van der Waals surface area contributed by atoms with Gasteiger partial charge in [0.15, 0.2) is 0 Å². The number of rotatable bonds is 5. The van der Waals surface area contributed by atoms with Crippen LogP contribution in [0.3, 0.4) is 0 Å². The quantitative estimate of drug-likeness (QED) is 0.633. The number of benzene rings is 1. The number of amides is 1. The van der Waals surface area contributed by atoms with Gasteiger partial charge in [-0.3, -0.25) is 14.9 Å². The summed E-state index contributed by atoms with van der Waals surface area (Å²) in [4.78, 5) is 35.8. The Labute approximate surface area is 137 Å². The minimum atomic E-state index is -1.14. The van der Waals surface area contributed by atoms with Gasteiger partial charge in [0.05, 0.1) is 29.3 Å². The lowest BCUT2D eigenvalue weighted by Gasteiger charge is -2.21. The maximum atomic E-state index is 12.7. The molecule has 1 aromatic rings. The number of carboxylic acid groups (broad SMARTS) is 1. The zero-order valence-electron chi connectivity index (χ0n) is 13.5. The molecule has 9 nitrogen and oxygen atoms in total. The molecule has 2 rings (SSSR count). The van der Waals surface area contributed by atoms with Crippen molar-refractivity contribution in [3.63, 3.8) is 0 Å². The van der Waals surface area contributed by atoms with E-state index >= 15 is 0 Å². The van der Waals surface area contributed by atoms with Crippen molar-refractivity contribution in [1.29, 1.82) is 0 Å². The second kappa shape index (κ2) is 6.83. The van der Waals surface area contributed by atoms with Crippen LogP contribution in [0.1, 0.15) is 22.3 Å². The summed E-state index contributed by atoms with van der Waals surface area (Å²) >= 11 is 0. The van der Waals surface area contributed by atoms with Crippen LogP contribution < -0.4 is 4.74 Å². The Hall–Kier alpha value is -2.68. The van der Waals surface area contributed by atoms with Gasteiger partial charge in [-0.25, -0.2) is 4.79 Å². The van der Waals surface area contributed by atoms with Crippen molar-refractivity contribution in [2.75, 3.05) is 20.8 Å². The molecule has 9 heteroatoms. The van der Waals surface area contributed by atoms with Crippen molar-refractivity contribution in [3.8, 4) is 5.75 Å². The minimum Gasteiger partial charge on any atom is -0.496 e. The fourth-order valence-electron chi connectivity index (χ4n) is 2.79. The molecule has 1 aliphatic heterocycles. The molecule has 2 unspecified atom stereocenters. The van der Waals surface area contributed by atoms with Gasteiger partial charge in [-0.1, -0.05) is 0 Å². The predicted molar refractivity (Wildman–Crippen MR) is 82.3 cm³/mol. The maximum Gasteiger partial charge on any atom is 0.326 e. The van der Waals surface area contributed by atoms with E-state index < -0.39 is 28.9 Å². The highest BCUT2D eigenvalue weighted by atomic mass is 16.6. The first-order chi connectivity index (χ1) is 11.3. The Bertz CT molecular complexity index is 689. The molecule has 130 valence electrons. The summed E-state index contributed by atoms with van der Waals surface area (Å²) in [6.45, 7) is 1.62. The standard InChI is InChI=1S/C15H18N2O7/c1-8-11(17(21)22)4-9(5-13(8)24-3)14(18)16-7-10(23-2)6-12(16)15(19)20/h4-5,10,12H,6-7H2,1-3H3,(H,19,20). The number of likely N-dealkylation sites (tertiary alicyclic amines) is 1. The molecular formula is C15H18N2O7. The van der Waals surface area contributed by atoms with Gasteiger partial charge in [0.2, 0.25) is 0 Å². The van der Waals surface area contributed by atoms with Crippen LogP contribution >= 0.6 is 0 Å². The molecule has 0 saturated carbocycles. The number of hydrogen-bond donors (Lipinski definition) is 1. The van der Waals surface area contributed by atoms with E-state index in [4.69, 9.17) is 9.47 Å². The number of ether oxygens (including phenoxy) is 2. The fraction of sp³-hybridized carbons (Fsp3) is 0.467. The largest absolute Gasteiger partial charge is 0.496 e. The normalized spacial score (nSPS) is 20.0. The number of carboxylic acids is 1. The molecule has 1 heterocycles. The van der Waals surface area contributed by atoms with Gasteiger partial charge in [0, 0.05) is 26.1 Å². The maximum absolute atomic E-state index is 12.7. The second-order valence-corrected chi connectivity index (χ2v) is 5.48. The average molecular weight is 338 g/mol. The van der Waals surface area contributed by atoms with E-state index in [0.29, 0.717) is 5.56 Å². The molecule has 0 bridgehead atoms. The van der Waals surface area contributed by atoms with Crippen molar-refractivity contribution in [3.05, 3.63) is 33.4 Å². The monoisotopic (exact) mass is 338 g/mol. The molecule has 0 aliphatic carbocycles. The van der Waals surface area contributed by atoms with Crippen LogP contribution in [0.25, 0.3) is 0 Å². The number of nitro benzene ring substituents is 1. The molecule has 1 amide bonds. The number of nitro groups is 1. The molecule has 1 fully saturated rings. The zero-order chi connectivity index (χ0) is 18.0. The minimum absolute atomic E-state index is 0.00662. The lowest BCUT2D eigenvalue weighted by Crippen LogP contribution is -2.40. The van der Waals surface area contributed by atoms with Crippen molar-refractivity contribution in [2.24, 2.45) is 0 Å². The van der Waals surface area contributed by atoms with E-state index in [-0.39, 0.29) is 30.0 Å². The van der Waals surface area contributed by atoms with Gasteiger partial charge in [-0.05, 0) is 13.0 Å². The van der Waals surface area contributed by atoms with Crippen LogP contribution in [0.2, 0.25) is 0 Å². The summed E-state index contributed by atoms with van der Waals surface area (Å²) in [6.07, 6.45) is -0.222. The van der Waals surface area contributed by atoms with E-state index in [9.17, 15) is 24.8 Å². The third kappa shape index (κ3) is 3.16. The van der Waals surface area contributed by atoms with E-state index in [1.165, 1.54) is 27.2 Å². The Balaban J connectivity index is 2.43. The summed E-state index contributed by atoms with van der Waals surface area (Å²) in [5.41, 5.74) is 0.0456. The third-order valence-corrected chi connectivity index (χ3v) is 4.14. The predicted octanol–water partition coefficient (Wildman–Crippen LogP) is 1.23. The van der Waals surface area contributed by atoms with Gasteiger partial charge in [-0.2, -0.15) is 0 Å². The van der Waals surface area contributed by atoms with Gasteiger partial charge in [0.25, 0.3) is 11.6 Å². The molecule has 0 radical (unpaired) electrons. The van der Waals surface area contributed by atoms with Crippen molar-refractivity contribution in [2.45, 2.75) is 25.5 Å². The highest BCUT2D eigenvalue weighted by Gasteiger charge is 2.40. The van der Waals surface area contributed by atoms with E-state index in [1.54, 1.807) is 0 Å². The van der Waals surface area contributed by atoms with Crippen molar-refractivity contribution < 1.29 is 29.1 Å². The molecule has 0 aromatic heterocycles. The number of aliphatic carboxylic acids is 1. The highest BCUT2D eigenvalue weighted by Crippen LogP contribution is 2.31. The van der Waals surface area contributed by atoms with Gasteiger partial charge in [0.1, 0.15) is 11.8 Å². The van der Waals surface area contributed by atoms with E-state index in [0.717, 1.165) is 11.0 Å². The van der Waals surface area contributed by atoms with E-state index in [2.05, 4.69) is 0 Å². The van der Waals surface area contributed by atoms with Gasteiger partial charge in [-0.15, -0.1) is 0 Å². The molecule has 1 N–H and O–H groups in total. The molecule has 1 saturated heterocycles. The first-order valence-corrected chi connectivity index (χ1v) is 7.19. The lowest BCUT2D eigenvalue weighted by molar-refractivity contribution is -0.385. The van der Waals surface area contributed by atoms with Crippen LogP contribution in [0.4, 0.5) is 5.69 Å². The molecule has 1 aliphatic rings. The van der Waals surface area contributed by atoms with Crippen LogP contribution in [-0.4, -0.2) is 59.7 Å². The Morgan fingerprint density at radius 1 is 1.38 bits per heavy atom.